The van der Waals surface area contributed by atoms with Gasteiger partial charge in [0.1, 0.15) is 11.6 Å². The molecule has 0 amide bonds. The quantitative estimate of drug-likeness (QED) is 0.732. The molecule has 70 valence electrons. The Hall–Kier alpha value is -1.25. The molecule has 2 rings (SSSR count). The van der Waals surface area contributed by atoms with Gasteiger partial charge in [0.15, 0.2) is 0 Å². The number of pyridine rings is 1. The van der Waals surface area contributed by atoms with Crippen molar-refractivity contribution in [1.82, 2.24) is 4.98 Å². The normalized spacial score (nSPS) is 51.4. The van der Waals surface area contributed by atoms with Gasteiger partial charge in [-0.1, -0.05) is 6.04 Å². The smallest absolute Gasteiger partial charge is 0.130 e. The van der Waals surface area contributed by atoms with Gasteiger partial charge >= 0.3 is 0 Å². The lowest BCUT2D eigenvalue weighted by atomic mass is 10.1. The summed E-state index contributed by atoms with van der Waals surface area (Å²) in [6.07, 6.45) is -10.8. The molecule has 1 aromatic rings. The van der Waals surface area contributed by atoms with Crippen LogP contribution in [0.25, 0.3) is 0 Å². The van der Waals surface area contributed by atoms with Gasteiger partial charge in [-0.15, -0.1) is 0 Å². The van der Waals surface area contributed by atoms with Gasteiger partial charge in [0.2, 0.25) is 0 Å². The van der Waals surface area contributed by atoms with E-state index in [1.807, 2.05) is 0 Å². The molecule has 2 heterocycles. The van der Waals surface area contributed by atoms with Gasteiger partial charge in [-0.05, 0) is 31.2 Å². The van der Waals surface area contributed by atoms with Gasteiger partial charge in [-0.25, -0.2) is 4.98 Å². The lowest BCUT2D eigenvalue weighted by Crippen LogP contribution is -2.30. The Morgan fingerprint density at radius 2 is 2.15 bits per heavy atom. The van der Waals surface area contributed by atoms with Crippen LogP contribution in [0.4, 0.5) is 11.6 Å². The third-order valence-corrected chi connectivity index (χ3v) is 1.26. The molecule has 2 N–H and O–H groups in total. The molecule has 0 saturated carbocycles. The lowest BCUT2D eigenvalue weighted by Gasteiger charge is -2.27. The molecule has 1 aromatic heterocycles. The van der Waals surface area contributed by atoms with Crippen molar-refractivity contribution < 1.29 is 17.8 Å². The fourth-order valence-corrected chi connectivity index (χ4v) is 0.760. The summed E-state index contributed by atoms with van der Waals surface area (Å²) >= 11 is 0. The third kappa shape index (κ3) is 1.91. The van der Waals surface area contributed by atoms with Gasteiger partial charge in [0.25, 0.3) is 0 Å². The number of hydrogen-bond donors (Lipinski definition) is 1. The van der Waals surface area contributed by atoms with Crippen molar-refractivity contribution in [2.45, 2.75) is 19.1 Å². The van der Waals surface area contributed by atoms with Crippen molar-refractivity contribution in [3.05, 3.63) is 18.1 Å². The molecule has 0 bridgehead atoms. The summed E-state index contributed by atoms with van der Waals surface area (Å²) in [5.74, 6) is -1.66. The van der Waals surface area contributed by atoms with E-state index in [1.165, 1.54) is 0 Å². The lowest BCUT2D eigenvalue weighted by molar-refractivity contribution is 0.573. The van der Waals surface area contributed by atoms with Gasteiger partial charge in [0.05, 0.1) is 4.11 Å². The number of nitrogens with two attached hydrogens (primary N) is 1. The average Bonchev–Trinajstić information content (AvgIpc) is 2.48. The van der Waals surface area contributed by atoms with Gasteiger partial charge in [-0.3, -0.25) is 0 Å². The van der Waals surface area contributed by atoms with Crippen LogP contribution in [0.3, 0.4) is 0 Å². The van der Waals surface area contributed by atoms with Gasteiger partial charge in [0, 0.05) is 26.7 Å². The van der Waals surface area contributed by atoms with E-state index >= 15 is 0 Å². The maximum atomic E-state index is 8.00. The van der Waals surface area contributed by atoms with Gasteiger partial charge < -0.3 is 10.6 Å². The van der Waals surface area contributed by atoms with E-state index < -0.39 is 61.9 Å². The molecule has 0 aromatic carbocycles. The van der Waals surface area contributed by atoms with Crippen LogP contribution in [0, 0.1) is 0 Å². The molecule has 13 heavy (non-hydrogen) atoms. The molecule has 0 aliphatic carbocycles. The number of piperidine rings is 1. The van der Waals surface area contributed by atoms with Crippen LogP contribution in [0.1, 0.15) is 36.9 Å². The second-order valence-corrected chi connectivity index (χ2v) is 2.13. The number of rotatable bonds is 1. The van der Waals surface area contributed by atoms with Crippen molar-refractivity contribution in [2.75, 3.05) is 23.6 Å². The maximum absolute atomic E-state index is 8.00. The number of aromatic nitrogens is 1. The molecule has 0 spiro atoms. The van der Waals surface area contributed by atoms with E-state index in [0.29, 0.717) is 0 Å². The molecule has 3 nitrogen and oxygen atoms in total. The van der Waals surface area contributed by atoms with Crippen molar-refractivity contribution in [1.29, 1.82) is 0 Å². The Labute approximate surface area is 96.8 Å². The summed E-state index contributed by atoms with van der Waals surface area (Å²) in [7, 11) is 0. The monoisotopic (exact) mass is 190 g/mol. The predicted molar refractivity (Wildman–Crippen MR) is 54.7 cm³/mol. The summed E-state index contributed by atoms with van der Waals surface area (Å²) in [6.45, 7) is -7.03. The summed E-state index contributed by atoms with van der Waals surface area (Å²) < 4.78 is 102. The Morgan fingerprint density at radius 1 is 1.38 bits per heavy atom. The van der Waals surface area contributed by atoms with E-state index in [-0.39, 0.29) is 4.90 Å². The Balaban J connectivity index is 2.92. The second-order valence-electron chi connectivity index (χ2n) is 2.13. The van der Waals surface area contributed by atoms with Crippen LogP contribution >= 0.6 is 0 Å². The summed E-state index contributed by atoms with van der Waals surface area (Å²) in [5, 5.41) is 0. The largest absolute Gasteiger partial charge is 0.384 e. The minimum absolute atomic E-state index is 0.141. The summed E-state index contributed by atoms with van der Waals surface area (Å²) in [5.41, 5.74) is 5.43. The first-order valence-corrected chi connectivity index (χ1v) is 3.41. The highest BCUT2D eigenvalue weighted by atomic mass is 15.2. The number of nitrogens with zero attached hydrogens (tertiary/aromatic N) is 2. The molecule has 0 radical (unpaired) electrons. The first kappa shape index (κ1) is 2.05. The molecule has 3 heteroatoms. The number of anilines is 2. The first-order valence-electron chi connectivity index (χ1n) is 9.91. The zero-order valence-electron chi connectivity index (χ0n) is 19.5. The summed E-state index contributed by atoms with van der Waals surface area (Å²) in [4.78, 5) is 3.36. The Morgan fingerprint density at radius 3 is 2.92 bits per heavy atom. The molecular weight excluding hydrogens is 162 g/mol. The van der Waals surface area contributed by atoms with Crippen LogP contribution in [-0.4, -0.2) is 18.0 Å². The number of hydrogen-bond acceptors (Lipinski definition) is 3. The fourth-order valence-electron chi connectivity index (χ4n) is 0.760. The minimum atomic E-state index is -3.60. The van der Waals surface area contributed by atoms with E-state index in [1.54, 1.807) is 0 Å². The van der Waals surface area contributed by atoms with Crippen LogP contribution in [0.15, 0.2) is 18.1 Å². The minimum Gasteiger partial charge on any atom is -0.384 e. The zero-order valence-corrected chi connectivity index (χ0v) is 6.47. The summed E-state index contributed by atoms with van der Waals surface area (Å²) in [6, 6.07) is -2.49. The van der Waals surface area contributed by atoms with Crippen molar-refractivity contribution in [3.8, 4) is 0 Å². The zero-order chi connectivity index (χ0) is 20.7. The highest BCUT2D eigenvalue weighted by molar-refractivity contribution is 5.44. The first-order chi connectivity index (χ1) is 11.4. The number of nitrogen functional groups attached to an aromatic ring is 1. The topological polar surface area (TPSA) is 42.1 Å². The maximum Gasteiger partial charge on any atom is 0.130 e. The predicted octanol–water partition coefficient (Wildman–Crippen LogP) is 1.65. The third-order valence-electron chi connectivity index (χ3n) is 1.26. The van der Waals surface area contributed by atoms with Crippen molar-refractivity contribution in [2.24, 2.45) is 0 Å². The van der Waals surface area contributed by atoms with Gasteiger partial charge in [-0.2, -0.15) is 0 Å². The molecule has 0 unspecified atom stereocenters. The highest BCUT2D eigenvalue weighted by Gasteiger charge is 2.11. The molecule has 0 atom stereocenters. The highest BCUT2D eigenvalue weighted by Crippen LogP contribution is 2.17. The Bertz CT molecular complexity index is 729. The fraction of sp³-hybridized carbons (Fsp3) is 0.500. The van der Waals surface area contributed by atoms with E-state index in [0.717, 1.165) is 0 Å². The SMILES string of the molecule is [2H]c1c(N)nc(N2C([2H])([2H])C([2H])([2H])C([2H])([2H])C([2H])([2H])C2([2H])[2H])c([2H])c1[2H]. The van der Waals surface area contributed by atoms with Crippen LogP contribution in [0.2, 0.25) is 0 Å². The van der Waals surface area contributed by atoms with E-state index in [2.05, 4.69) is 4.98 Å². The van der Waals surface area contributed by atoms with Crippen LogP contribution in [0.5, 0.6) is 0 Å². The Kier molecular flexibility index (Phi) is 0.574. The molecule has 1 aliphatic heterocycles. The molecular formula is C10H15N3. The van der Waals surface area contributed by atoms with E-state index in [9.17, 15) is 0 Å². The molecule has 1 fully saturated rings. The molecule has 1 aliphatic rings. The van der Waals surface area contributed by atoms with Crippen molar-refractivity contribution >= 4 is 11.6 Å². The van der Waals surface area contributed by atoms with Crippen LogP contribution in [-0.2, 0) is 0 Å². The van der Waals surface area contributed by atoms with E-state index in [4.69, 9.17) is 23.6 Å². The second kappa shape index (κ2) is 3.64. The van der Waals surface area contributed by atoms with Crippen molar-refractivity contribution in [3.63, 3.8) is 0 Å². The standard InChI is InChI=1S/C10H15N3/c11-9-5-4-6-10(12-9)13-7-2-1-3-8-13/h4-6H,1-3,7-8H2,(H2,11,12)/i1D2,2D2,3D2,4D,5D,6D,7D2,8D2. The average molecular weight is 190 g/mol. The molecule has 1 saturated heterocycles. The van der Waals surface area contributed by atoms with Crippen LogP contribution < -0.4 is 10.6 Å².